The van der Waals surface area contributed by atoms with E-state index in [1.165, 1.54) is 42.7 Å². The Labute approximate surface area is 145 Å². The molecule has 0 bridgehead atoms. The number of methoxy groups -OCH3 is 1. The molecule has 0 atom stereocenters. The van der Waals surface area contributed by atoms with E-state index in [4.69, 9.17) is 26.1 Å². The Bertz CT molecular complexity index is 1150. The van der Waals surface area contributed by atoms with Crippen LogP contribution in [0.15, 0.2) is 40.1 Å². The van der Waals surface area contributed by atoms with E-state index in [1.54, 1.807) is 6.07 Å². The van der Waals surface area contributed by atoms with Crippen molar-refractivity contribution >= 4 is 71.0 Å². The van der Waals surface area contributed by atoms with Gasteiger partial charge in [0.05, 0.1) is 21.6 Å². The van der Waals surface area contributed by atoms with E-state index in [-0.39, 0.29) is 9.79 Å². The Morgan fingerprint density at radius 1 is 1.00 bits per heavy atom. The Kier molecular flexibility index (Phi) is 4.01. The van der Waals surface area contributed by atoms with Crippen molar-refractivity contribution in [1.29, 1.82) is 0 Å². The highest BCUT2D eigenvalue weighted by Crippen LogP contribution is 2.44. The van der Waals surface area contributed by atoms with Crippen LogP contribution in [0.5, 0.6) is 5.75 Å². The molecule has 0 spiro atoms. The average Bonchev–Trinajstić information content (AvgIpc) is 2.82. The molecule has 0 aliphatic carbocycles. The highest BCUT2D eigenvalue weighted by molar-refractivity contribution is 8.14. The van der Waals surface area contributed by atoms with E-state index in [9.17, 15) is 16.8 Å². The zero-order chi connectivity index (χ0) is 17.0. The number of hydrogen-bond donors (Lipinski definition) is 0. The Balaban J connectivity index is 2.57. The van der Waals surface area contributed by atoms with Crippen molar-refractivity contribution in [1.82, 2.24) is 0 Å². The van der Waals surface area contributed by atoms with Gasteiger partial charge in [-0.05, 0) is 30.3 Å². The van der Waals surface area contributed by atoms with Gasteiger partial charge in [0.25, 0.3) is 18.1 Å². The third kappa shape index (κ3) is 2.89. The van der Waals surface area contributed by atoms with Crippen molar-refractivity contribution in [2.45, 2.75) is 9.79 Å². The van der Waals surface area contributed by atoms with Crippen LogP contribution in [0.2, 0.25) is 0 Å². The second-order valence-electron chi connectivity index (χ2n) is 4.61. The zero-order valence-corrected chi connectivity index (χ0v) is 15.4. The molecule has 1 aromatic heterocycles. The molecule has 0 saturated heterocycles. The molecule has 5 nitrogen and oxygen atoms in total. The molecule has 0 amide bonds. The van der Waals surface area contributed by atoms with Gasteiger partial charge in [-0.15, -0.1) is 11.3 Å². The normalized spacial score (nSPS) is 12.8. The first-order valence-corrected chi connectivity index (χ1v) is 11.5. The SMILES string of the molecule is COc1ccc(S(=O)(=O)Cl)c2c1sc1ccc(S(=O)(=O)Cl)cc12. The number of rotatable bonds is 3. The maximum absolute atomic E-state index is 11.9. The third-order valence-electron chi connectivity index (χ3n) is 3.28. The van der Waals surface area contributed by atoms with Crippen LogP contribution in [0, 0.1) is 0 Å². The summed E-state index contributed by atoms with van der Waals surface area (Å²) in [5.74, 6) is 0.473. The van der Waals surface area contributed by atoms with Gasteiger partial charge in [-0.3, -0.25) is 0 Å². The maximum Gasteiger partial charge on any atom is 0.261 e. The zero-order valence-electron chi connectivity index (χ0n) is 11.4. The number of hydrogen-bond acceptors (Lipinski definition) is 6. The van der Waals surface area contributed by atoms with Crippen molar-refractivity contribution in [3.63, 3.8) is 0 Å². The van der Waals surface area contributed by atoms with Crippen LogP contribution < -0.4 is 4.74 Å². The second kappa shape index (κ2) is 5.49. The molecule has 0 fully saturated rings. The predicted molar refractivity (Wildman–Crippen MR) is 92.0 cm³/mol. The van der Waals surface area contributed by atoms with Crippen LogP contribution >= 0.6 is 32.7 Å². The molecule has 23 heavy (non-hydrogen) atoms. The molecule has 0 aliphatic heterocycles. The summed E-state index contributed by atoms with van der Waals surface area (Å²) < 4.78 is 53.3. The largest absolute Gasteiger partial charge is 0.495 e. The van der Waals surface area contributed by atoms with Crippen LogP contribution in [0.3, 0.4) is 0 Å². The topological polar surface area (TPSA) is 77.5 Å². The molecular weight excluding hydrogens is 403 g/mol. The van der Waals surface area contributed by atoms with E-state index < -0.39 is 18.1 Å². The minimum absolute atomic E-state index is 0.106. The van der Waals surface area contributed by atoms with Crippen molar-refractivity contribution in [2.24, 2.45) is 0 Å². The van der Waals surface area contributed by atoms with Gasteiger partial charge in [-0.25, -0.2) is 16.8 Å². The lowest BCUT2D eigenvalue weighted by Crippen LogP contribution is -1.93. The summed E-state index contributed by atoms with van der Waals surface area (Å²) in [5, 5.41) is 0.756. The highest BCUT2D eigenvalue weighted by Gasteiger charge is 2.22. The molecule has 1 heterocycles. The Morgan fingerprint density at radius 2 is 1.70 bits per heavy atom. The van der Waals surface area contributed by atoms with Gasteiger partial charge < -0.3 is 4.74 Å². The highest BCUT2D eigenvalue weighted by atomic mass is 35.7. The Morgan fingerprint density at radius 3 is 2.26 bits per heavy atom. The number of halogens is 2. The predicted octanol–water partition coefficient (Wildman–Crippen LogP) is 3.92. The van der Waals surface area contributed by atoms with Gasteiger partial charge in [0.1, 0.15) is 5.75 Å². The van der Waals surface area contributed by atoms with E-state index in [1.807, 2.05) is 0 Å². The monoisotopic (exact) mass is 410 g/mol. The quantitative estimate of drug-likeness (QED) is 0.611. The van der Waals surface area contributed by atoms with Crippen LogP contribution in [0.4, 0.5) is 0 Å². The van der Waals surface area contributed by atoms with E-state index >= 15 is 0 Å². The van der Waals surface area contributed by atoms with Crippen molar-refractivity contribution in [3.05, 3.63) is 30.3 Å². The molecule has 0 N–H and O–H groups in total. The molecule has 2 aromatic carbocycles. The minimum Gasteiger partial charge on any atom is -0.495 e. The molecule has 10 heteroatoms. The number of fused-ring (bicyclic) bond motifs is 3. The van der Waals surface area contributed by atoms with Crippen LogP contribution in [-0.4, -0.2) is 23.9 Å². The summed E-state index contributed by atoms with van der Waals surface area (Å²) in [6.45, 7) is 0. The molecule has 122 valence electrons. The Hall–Kier alpha value is -1.06. The first-order chi connectivity index (χ1) is 10.6. The number of thiophene rings is 1. The summed E-state index contributed by atoms with van der Waals surface area (Å²) in [7, 11) is 4.38. The van der Waals surface area contributed by atoms with Gasteiger partial charge >= 0.3 is 0 Å². The standard InChI is InChI=1S/C13H8Cl2O5S3/c1-20-9-3-5-11(23(15,18)19)12-8-6-7(22(14,16)17)2-4-10(8)21-13(9)12/h2-6H,1H3. The molecule has 0 radical (unpaired) electrons. The van der Waals surface area contributed by atoms with Gasteiger partial charge in [0.15, 0.2) is 0 Å². The van der Waals surface area contributed by atoms with Crippen LogP contribution in [0.1, 0.15) is 0 Å². The fraction of sp³-hybridized carbons (Fsp3) is 0.0769. The van der Waals surface area contributed by atoms with E-state index in [2.05, 4.69) is 0 Å². The maximum atomic E-state index is 11.9. The summed E-state index contributed by atoms with van der Waals surface area (Å²) in [4.78, 5) is -0.225. The molecule has 0 unspecified atom stereocenters. The first-order valence-electron chi connectivity index (χ1n) is 6.05. The summed E-state index contributed by atoms with van der Waals surface area (Å²) >= 11 is 1.28. The van der Waals surface area contributed by atoms with Gasteiger partial charge in [-0.2, -0.15) is 0 Å². The molecule has 0 saturated carbocycles. The summed E-state index contributed by atoms with van der Waals surface area (Å²) in [5.41, 5.74) is 0. The molecule has 3 rings (SSSR count). The second-order valence-corrected chi connectivity index (χ2v) is 10.8. The van der Waals surface area contributed by atoms with Gasteiger partial charge in [0.2, 0.25) is 0 Å². The summed E-state index contributed by atoms with van der Waals surface area (Å²) in [6.07, 6.45) is 0. The molecular formula is C13H8Cl2O5S3. The van der Waals surface area contributed by atoms with Gasteiger partial charge in [0, 0.05) is 36.8 Å². The smallest absolute Gasteiger partial charge is 0.261 e. The molecule has 0 aliphatic rings. The fourth-order valence-corrected chi connectivity index (χ4v) is 5.44. The van der Waals surface area contributed by atoms with Crippen LogP contribution in [0.25, 0.3) is 20.2 Å². The lowest BCUT2D eigenvalue weighted by atomic mass is 10.1. The lowest BCUT2D eigenvalue weighted by Gasteiger charge is -2.05. The van der Waals surface area contributed by atoms with Crippen molar-refractivity contribution in [3.8, 4) is 5.75 Å². The van der Waals surface area contributed by atoms with E-state index in [0.717, 1.165) is 0 Å². The summed E-state index contributed by atoms with van der Waals surface area (Å²) in [6, 6.07) is 7.10. The number of benzene rings is 2. The first kappa shape index (κ1) is 16.8. The van der Waals surface area contributed by atoms with Crippen molar-refractivity contribution < 1.29 is 21.6 Å². The minimum atomic E-state index is -4.02. The van der Waals surface area contributed by atoms with Gasteiger partial charge in [-0.1, -0.05) is 0 Å². The number of ether oxygens (including phenoxy) is 1. The van der Waals surface area contributed by atoms with Crippen LogP contribution in [-0.2, 0) is 18.1 Å². The molecule has 3 aromatic rings. The van der Waals surface area contributed by atoms with Crippen molar-refractivity contribution in [2.75, 3.05) is 7.11 Å². The average molecular weight is 411 g/mol. The lowest BCUT2D eigenvalue weighted by molar-refractivity contribution is 0.420. The third-order valence-corrected chi connectivity index (χ3v) is 7.18. The van der Waals surface area contributed by atoms with E-state index in [0.29, 0.717) is 25.9 Å². The fourth-order valence-electron chi connectivity index (χ4n) is 2.32.